The third-order valence-electron chi connectivity index (χ3n) is 2.91. The van der Waals surface area contributed by atoms with E-state index in [0.29, 0.717) is 17.9 Å². The number of ether oxygens (including phenoxy) is 1. The fraction of sp³-hybridized carbons (Fsp3) is 0.385. The Morgan fingerprint density at radius 2 is 2.19 bits per heavy atom. The van der Waals surface area contributed by atoms with Gasteiger partial charge in [-0.2, -0.15) is 4.72 Å². The minimum atomic E-state index is -3.71. The Kier molecular flexibility index (Phi) is 5.05. The molecule has 0 saturated carbocycles. The predicted molar refractivity (Wildman–Crippen MR) is 77.1 cm³/mol. The lowest BCUT2D eigenvalue weighted by molar-refractivity contribution is 0.174. The molecule has 0 aliphatic heterocycles. The van der Waals surface area contributed by atoms with Crippen LogP contribution in [0.2, 0.25) is 0 Å². The van der Waals surface area contributed by atoms with E-state index in [4.69, 9.17) is 4.74 Å². The molecule has 2 aromatic heterocycles. The number of nitrogens with zero attached hydrogens (tertiary/aromatic N) is 2. The minimum absolute atomic E-state index is 0.0383. The number of aromatic amines is 1. The summed E-state index contributed by atoms with van der Waals surface area (Å²) < 4.78 is 32.4. The molecule has 0 amide bonds. The maximum Gasteiger partial charge on any atom is 0.258 e. The van der Waals surface area contributed by atoms with Crippen LogP contribution in [0.15, 0.2) is 35.6 Å². The maximum atomic E-state index is 12.4. The number of methoxy groups -OCH3 is 1. The van der Waals surface area contributed by atoms with E-state index in [2.05, 4.69) is 19.7 Å². The molecule has 2 aromatic rings. The lowest BCUT2D eigenvalue weighted by Crippen LogP contribution is -2.32. The molecule has 21 heavy (non-hydrogen) atoms. The van der Waals surface area contributed by atoms with Gasteiger partial charge < -0.3 is 9.72 Å². The Bertz CT molecular complexity index is 670. The molecule has 0 aliphatic carbocycles. The largest absolute Gasteiger partial charge is 0.383 e. The first-order chi connectivity index (χ1) is 10.1. The molecule has 8 heteroatoms. The van der Waals surface area contributed by atoms with E-state index < -0.39 is 16.1 Å². The Balaban J connectivity index is 2.23. The highest BCUT2D eigenvalue weighted by Crippen LogP contribution is 2.15. The molecule has 1 atom stereocenters. The van der Waals surface area contributed by atoms with Crippen molar-refractivity contribution in [3.05, 3.63) is 42.1 Å². The Morgan fingerprint density at radius 3 is 2.76 bits per heavy atom. The van der Waals surface area contributed by atoms with Crippen LogP contribution in [-0.4, -0.2) is 37.1 Å². The molecule has 0 radical (unpaired) electrons. The van der Waals surface area contributed by atoms with Crippen LogP contribution in [0.1, 0.15) is 24.5 Å². The van der Waals surface area contributed by atoms with E-state index in [1.165, 1.54) is 13.3 Å². The van der Waals surface area contributed by atoms with Crippen LogP contribution in [-0.2, 0) is 21.2 Å². The second-order valence-corrected chi connectivity index (χ2v) is 6.11. The van der Waals surface area contributed by atoms with Crippen molar-refractivity contribution in [3.63, 3.8) is 0 Å². The highest BCUT2D eigenvalue weighted by atomic mass is 32.2. The lowest BCUT2D eigenvalue weighted by atomic mass is 10.2. The van der Waals surface area contributed by atoms with Gasteiger partial charge in [0.05, 0.1) is 24.5 Å². The number of aryl methyl sites for hydroxylation is 1. The van der Waals surface area contributed by atoms with E-state index in [-0.39, 0.29) is 11.6 Å². The van der Waals surface area contributed by atoms with Crippen LogP contribution < -0.4 is 4.72 Å². The SMILES string of the molecule is CCc1ncc(S(=O)(=O)NC(COC)c2ccccn2)[nH]1. The van der Waals surface area contributed by atoms with Crippen LogP contribution in [0, 0.1) is 0 Å². The molecule has 1 unspecified atom stereocenters. The van der Waals surface area contributed by atoms with E-state index in [1.54, 1.807) is 24.4 Å². The van der Waals surface area contributed by atoms with Gasteiger partial charge in [-0.15, -0.1) is 0 Å². The van der Waals surface area contributed by atoms with Crippen molar-refractivity contribution in [2.75, 3.05) is 13.7 Å². The summed E-state index contributed by atoms with van der Waals surface area (Å²) in [5.74, 6) is 0.622. The van der Waals surface area contributed by atoms with Gasteiger partial charge in [-0.1, -0.05) is 13.0 Å². The zero-order valence-electron chi connectivity index (χ0n) is 11.9. The Hall–Kier alpha value is -1.77. The number of hydrogen-bond donors (Lipinski definition) is 2. The number of pyridine rings is 1. The highest BCUT2D eigenvalue weighted by Gasteiger charge is 2.23. The van der Waals surface area contributed by atoms with Gasteiger partial charge in [0, 0.05) is 19.7 Å². The quantitative estimate of drug-likeness (QED) is 0.796. The van der Waals surface area contributed by atoms with Crippen molar-refractivity contribution < 1.29 is 13.2 Å². The smallest absolute Gasteiger partial charge is 0.258 e. The van der Waals surface area contributed by atoms with E-state index >= 15 is 0 Å². The van der Waals surface area contributed by atoms with E-state index in [1.807, 2.05) is 6.92 Å². The van der Waals surface area contributed by atoms with Crippen LogP contribution in [0.5, 0.6) is 0 Å². The number of H-pyrrole nitrogens is 1. The van der Waals surface area contributed by atoms with E-state index in [9.17, 15) is 8.42 Å². The van der Waals surface area contributed by atoms with Gasteiger partial charge in [0.1, 0.15) is 5.82 Å². The van der Waals surface area contributed by atoms with Crippen molar-refractivity contribution in [1.82, 2.24) is 19.7 Å². The number of nitrogens with one attached hydrogen (secondary N) is 2. The normalized spacial score (nSPS) is 13.2. The highest BCUT2D eigenvalue weighted by molar-refractivity contribution is 7.89. The first-order valence-corrected chi connectivity index (χ1v) is 8.01. The number of rotatable bonds is 7. The van der Waals surface area contributed by atoms with Gasteiger partial charge >= 0.3 is 0 Å². The molecule has 2 N–H and O–H groups in total. The fourth-order valence-electron chi connectivity index (χ4n) is 1.84. The van der Waals surface area contributed by atoms with E-state index in [0.717, 1.165) is 0 Å². The molecule has 0 aliphatic rings. The molecule has 0 spiro atoms. The van der Waals surface area contributed by atoms with Crippen molar-refractivity contribution >= 4 is 10.0 Å². The van der Waals surface area contributed by atoms with Crippen LogP contribution in [0.25, 0.3) is 0 Å². The summed E-state index contributed by atoms with van der Waals surface area (Å²) in [5, 5.41) is 0.0383. The number of imidazole rings is 1. The molecule has 0 saturated heterocycles. The topological polar surface area (TPSA) is 97.0 Å². The van der Waals surface area contributed by atoms with Crippen LogP contribution in [0.3, 0.4) is 0 Å². The predicted octanol–water partition coefficient (Wildman–Crippen LogP) is 1.03. The van der Waals surface area contributed by atoms with Gasteiger partial charge in [0.2, 0.25) is 0 Å². The summed E-state index contributed by atoms with van der Waals surface area (Å²) in [6.07, 6.45) is 3.55. The standard InChI is InChI=1S/C13H18N4O3S/c1-3-12-15-8-13(16-12)21(18,19)17-11(9-20-2)10-6-4-5-7-14-10/h4-8,11,17H,3,9H2,1-2H3,(H,15,16). The van der Waals surface area contributed by atoms with Crippen molar-refractivity contribution in [2.45, 2.75) is 24.4 Å². The molecular weight excluding hydrogens is 292 g/mol. The van der Waals surface area contributed by atoms with Crippen molar-refractivity contribution in [2.24, 2.45) is 0 Å². The first kappa shape index (κ1) is 15.6. The second-order valence-electron chi connectivity index (χ2n) is 4.43. The Labute approximate surface area is 123 Å². The average molecular weight is 310 g/mol. The first-order valence-electron chi connectivity index (χ1n) is 6.53. The van der Waals surface area contributed by atoms with Crippen LogP contribution >= 0.6 is 0 Å². The Morgan fingerprint density at radius 1 is 1.38 bits per heavy atom. The molecular formula is C13H18N4O3S. The van der Waals surface area contributed by atoms with Crippen molar-refractivity contribution in [3.8, 4) is 0 Å². The maximum absolute atomic E-state index is 12.4. The number of hydrogen-bond acceptors (Lipinski definition) is 5. The van der Waals surface area contributed by atoms with Gasteiger partial charge in [0.25, 0.3) is 10.0 Å². The molecule has 114 valence electrons. The summed E-state index contributed by atoms with van der Waals surface area (Å²) in [4.78, 5) is 10.9. The fourth-order valence-corrected chi connectivity index (χ4v) is 2.97. The lowest BCUT2D eigenvalue weighted by Gasteiger charge is -2.16. The molecule has 2 heterocycles. The summed E-state index contributed by atoms with van der Waals surface area (Å²) in [6.45, 7) is 2.08. The van der Waals surface area contributed by atoms with Gasteiger partial charge in [-0.05, 0) is 12.1 Å². The zero-order chi connectivity index (χ0) is 15.3. The average Bonchev–Trinajstić information content (AvgIpc) is 2.97. The second kappa shape index (κ2) is 6.79. The molecule has 7 nitrogen and oxygen atoms in total. The monoisotopic (exact) mass is 310 g/mol. The number of aromatic nitrogens is 3. The van der Waals surface area contributed by atoms with Crippen molar-refractivity contribution in [1.29, 1.82) is 0 Å². The summed E-state index contributed by atoms with van der Waals surface area (Å²) >= 11 is 0. The summed E-state index contributed by atoms with van der Waals surface area (Å²) in [7, 11) is -2.20. The zero-order valence-corrected chi connectivity index (χ0v) is 12.7. The third-order valence-corrected chi connectivity index (χ3v) is 4.29. The molecule has 0 aromatic carbocycles. The summed E-state index contributed by atoms with van der Waals surface area (Å²) in [5.41, 5.74) is 0.596. The van der Waals surface area contributed by atoms with Gasteiger partial charge in [-0.25, -0.2) is 13.4 Å². The van der Waals surface area contributed by atoms with Crippen LogP contribution in [0.4, 0.5) is 0 Å². The number of sulfonamides is 1. The third kappa shape index (κ3) is 3.87. The minimum Gasteiger partial charge on any atom is -0.383 e. The van der Waals surface area contributed by atoms with Gasteiger partial charge in [0.15, 0.2) is 5.03 Å². The molecule has 0 fully saturated rings. The summed E-state index contributed by atoms with van der Waals surface area (Å²) in [6, 6.07) is 4.75. The molecule has 0 bridgehead atoms. The van der Waals surface area contributed by atoms with Gasteiger partial charge in [-0.3, -0.25) is 4.98 Å². The molecule has 2 rings (SSSR count).